The molecule has 20 heavy (non-hydrogen) atoms. The minimum atomic E-state index is -0.453. The van der Waals surface area contributed by atoms with E-state index in [9.17, 15) is 10.1 Å². The molecule has 0 saturated carbocycles. The highest BCUT2D eigenvalue weighted by atomic mass is 16.6. The molecular weight excluding hydrogens is 256 g/mol. The van der Waals surface area contributed by atoms with Crippen molar-refractivity contribution >= 4 is 17.1 Å². The minimum Gasteiger partial charge on any atom is -0.350 e. The van der Waals surface area contributed by atoms with Crippen LogP contribution in [0.4, 0.5) is 17.1 Å². The normalized spacial score (nSPS) is 9.80. The van der Waals surface area contributed by atoms with Crippen molar-refractivity contribution in [2.45, 2.75) is 6.54 Å². The van der Waals surface area contributed by atoms with Crippen molar-refractivity contribution in [2.75, 3.05) is 5.32 Å². The molecule has 0 radical (unpaired) electrons. The maximum atomic E-state index is 11.1. The number of nitrogens with one attached hydrogen (secondary N) is 1. The van der Waals surface area contributed by atoms with Gasteiger partial charge in [-0.2, -0.15) is 5.26 Å². The molecule has 0 unspecified atom stereocenters. The summed E-state index contributed by atoms with van der Waals surface area (Å²) in [6, 6.07) is 13.5. The van der Waals surface area contributed by atoms with Gasteiger partial charge in [-0.3, -0.25) is 10.1 Å². The summed E-state index contributed by atoms with van der Waals surface area (Å²) in [6.07, 6.45) is 0. The zero-order valence-electron chi connectivity index (χ0n) is 10.5. The topological polar surface area (TPSA) is 105 Å². The molecule has 2 aromatic rings. The van der Waals surface area contributed by atoms with E-state index in [0.29, 0.717) is 22.5 Å². The van der Waals surface area contributed by atoms with Crippen LogP contribution in [0.15, 0.2) is 42.5 Å². The van der Waals surface area contributed by atoms with E-state index in [1.54, 1.807) is 36.4 Å². The fraction of sp³-hybridized carbons (Fsp3) is 0.0714. The van der Waals surface area contributed by atoms with Crippen LogP contribution in [-0.2, 0) is 6.54 Å². The highest BCUT2D eigenvalue weighted by Gasteiger charge is 2.14. The number of rotatable bonds is 4. The molecule has 0 spiro atoms. The van der Waals surface area contributed by atoms with Gasteiger partial charge in [0.15, 0.2) is 0 Å². The number of nitrogens with zero attached hydrogens (tertiary/aromatic N) is 2. The molecule has 6 nitrogen and oxygen atoms in total. The SMILES string of the molecule is N#Cc1ccc(Nc2ccc(CN)cc2[N+](=O)[O-])cc1. The van der Waals surface area contributed by atoms with E-state index >= 15 is 0 Å². The van der Waals surface area contributed by atoms with Crippen LogP contribution < -0.4 is 11.1 Å². The standard InChI is InChI=1S/C14H12N4O2/c15-8-10-1-4-12(5-2-10)17-13-6-3-11(9-16)7-14(13)18(19)20/h1-7,17H,9,16H2. The Morgan fingerprint density at radius 3 is 2.50 bits per heavy atom. The van der Waals surface area contributed by atoms with Crippen molar-refractivity contribution in [3.05, 3.63) is 63.7 Å². The first kappa shape index (κ1) is 13.5. The summed E-state index contributed by atoms with van der Waals surface area (Å²) in [5.41, 5.74) is 7.74. The lowest BCUT2D eigenvalue weighted by Gasteiger charge is -2.08. The zero-order valence-corrected chi connectivity index (χ0v) is 10.5. The van der Waals surface area contributed by atoms with Gasteiger partial charge >= 0.3 is 0 Å². The maximum Gasteiger partial charge on any atom is 0.292 e. The average Bonchev–Trinajstić information content (AvgIpc) is 2.48. The van der Waals surface area contributed by atoms with Gasteiger partial charge in [0.25, 0.3) is 5.69 Å². The van der Waals surface area contributed by atoms with E-state index in [1.165, 1.54) is 6.07 Å². The molecule has 0 saturated heterocycles. The molecule has 0 aromatic heterocycles. The van der Waals surface area contributed by atoms with Crippen LogP contribution in [0.2, 0.25) is 0 Å². The predicted octanol–water partition coefficient (Wildman–Crippen LogP) is 2.67. The summed E-state index contributed by atoms with van der Waals surface area (Å²) in [4.78, 5) is 10.6. The number of hydrogen-bond acceptors (Lipinski definition) is 5. The fourth-order valence-electron chi connectivity index (χ4n) is 1.74. The van der Waals surface area contributed by atoms with Crippen molar-refractivity contribution in [1.29, 1.82) is 5.26 Å². The Labute approximate surface area is 115 Å². The molecule has 0 aliphatic rings. The molecule has 0 heterocycles. The molecule has 0 aliphatic carbocycles. The van der Waals surface area contributed by atoms with Gasteiger partial charge in [0.05, 0.1) is 16.6 Å². The number of benzene rings is 2. The molecular formula is C14H12N4O2. The first-order valence-corrected chi connectivity index (χ1v) is 5.88. The van der Waals surface area contributed by atoms with E-state index in [1.807, 2.05) is 6.07 Å². The quantitative estimate of drug-likeness (QED) is 0.655. The third kappa shape index (κ3) is 2.91. The van der Waals surface area contributed by atoms with Gasteiger partial charge in [-0.05, 0) is 35.9 Å². The third-order valence-corrected chi connectivity index (χ3v) is 2.79. The highest BCUT2D eigenvalue weighted by Crippen LogP contribution is 2.28. The lowest BCUT2D eigenvalue weighted by Crippen LogP contribution is -2.01. The lowest BCUT2D eigenvalue weighted by atomic mass is 10.1. The Kier molecular flexibility index (Phi) is 3.93. The van der Waals surface area contributed by atoms with Crippen molar-refractivity contribution in [3.63, 3.8) is 0 Å². The predicted molar refractivity (Wildman–Crippen MR) is 75.4 cm³/mol. The zero-order chi connectivity index (χ0) is 14.5. The second kappa shape index (κ2) is 5.82. The number of nitro benzene ring substituents is 1. The first-order valence-electron chi connectivity index (χ1n) is 5.88. The van der Waals surface area contributed by atoms with E-state index in [2.05, 4.69) is 5.32 Å². The maximum absolute atomic E-state index is 11.1. The van der Waals surface area contributed by atoms with Crippen molar-refractivity contribution in [3.8, 4) is 6.07 Å². The number of anilines is 2. The van der Waals surface area contributed by atoms with Crippen LogP contribution in [-0.4, -0.2) is 4.92 Å². The van der Waals surface area contributed by atoms with Gasteiger partial charge in [0.1, 0.15) is 5.69 Å². The molecule has 0 fully saturated rings. The van der Waals surface area contributed by atoms with Gasteiger partial charge < -0.3 is 11.1 Å². The Morgan fingerprint density at radius 1 is 1.25 bits per heavy atom. The Hall–Kier alpha value is -2.91. The largest absolute Gasteiger partial charge is 0.350 e. The van der Waals surface area contributed by atoms with Gasteiger partial charge in [0.2, 0.25) is 0 Å². The first-order chi connectivity index (χ1) is 9.63. The summed E-state index contributed by atoms with van der Waals surface area (Å²) in [6.45, 7) is 0.248. The fourth-order valence-corrected chi connectivity index (χ4v) is 1.74. The highest BCUT2D eigenvalue weighted by molar-refractivity contribution is 5.70. The van der Waals surface area contributed by atoms with Gasteiger partial charge in [-0.25, -0.2) is 0 Å². The van der Waals surface area contributed by atoms with Gasteiger partial charge in [-0.1, -0.05) is 6.07 Å². The molecule has 6 heteroatoms. The van der Waals surface area contributed by atoms with E-state index in [-0.39, 0.29) is 12.2 Å². The molecule has 100 valence electrons. The second-order valence-corrected chi connectivity index (χ2v) is 4.13. The smallest absolute Gasteiger partial charge is 0.292 e. The lowest BCUT2D eigenvalue weighted by molar-refractivity contribution is -0.384. The van der Waals surface area contributed by atoms with Crippen LogP contribution in [0.1, 0.15) is 11.1 Å². The van der Waals surface area contributed by atoms with Crippen LogP contribution in [0.3, 0.4) is 0 Å². The summed E-state index contributed by atoms with van der Waals surface area (Å²) >= 11 is 0. The van der Waals surface area contributed by atoms with E-state index in [0.717, 1.165) is 0 Å². The molecule has 2 aromatic carbocycles. The second-order valence-electron chi connectivity index (χ2n) is 4.13. The molecule has 2 rings (SSSR count). The number of nitriles is 1. The van der Waals surface area contributed by atoms with Crippen molar-refractivity contribution in [1.82, 2.24) is 0 Å². The minimum absolute atomic E-state index is 0.0303. The number of nitro groups is 1. The molecule has 0 aliphatic heterocycles. The summed E-state index contributed by atoms with van der Waals surface area (Å²) < 4.78 is 0. The molecule has 0 amide bonds. The summed E-state index contributed by atoms with van der Waals surface area (Å²) in [7, 11) is 0. The average molecular weight is 268 g/mol. The van der Waals surface area contributed by atoms with Crippen molar-refractivity contribution < 1.29 is 4.92 Å². The van der Waals surface area contributed by atoms with Crippen LogP contribution >= 0.6 is 0 Å². The Balaban J connectivity index is 2.32. The third-order valence-electron chi connectivity index (χ3n) is 2.79. The Morgan fingerprint density at radius 2 is 1.95 bits per heavy atom. The Bertz CT molecular complexity index is 675. The summed E-state index contributed by atoms with van der Waals surface area (Å²) in [5.74, 6) is 0. The van der Waals surface area contributed by atoms with Gasteiger partial charge in [-0.15, -0.1) is 0 Å². The monoisotopic (exact) mass is 268 g/mol. The number of nitrogens with two attached hydrogens (primary N) is 1. The van der Waals surface area contributed by atoms with E-state index in [4.69, 9.17) is 11.0 Å². The van der Waals surface area contributed by atoms with Crippen LogP contribution in [0.25, 0.3) is 0 Å². The molecule has 0 bridgehead atoms. The number of hydrogen-bond donors (Lipinski definition) is 2. The summed E-state index contributed by atoms with van der Waals surface area (Å²) in [5, 5.41) is 22.7. The van der Waals surface area contributed by atoms with Crippen LogP contribution in [0.5, 0.6) is 0 Å². The van der Waals surface area contributed by atoms with E-state index < -0.39 is 4.92 Å². The molecule has 0 atom stereocenters. The molecule has 3 N–H and O–H groups in total. The van der Waals surface area contributed by atoms with Crippen molar-refractivity contribution in [2.24, 2.45) is 5.73 Å². The van der Waals surface area contributed by atoms with Crippen LogP contribution in [0, 0.1) is 21.4 Å². The van der Waals surface area contributed by atoms with Gasteiger partial charge in [0, 0.05) is 18.3 Å².